The molecule has 0 fully saturated rings. The number of unbranched alkanes of at least 4 members (excludes halogenated alkanes) is 1. The van der Waals surface area contributed by atoms with Crippen molar-refractivity contribution in [3.05, 3.63) is 29.5 Å². The number of halogens is 1. The van der Waals surface area contributed by atoms with Crippen molar-refractivity contribution in [1.82, 2.24) is 15.3 Å². The predicted octanol–water partition coefficient (Wildman–Crippen LogP) is 3.78. The molecular formula is C17H23ClN4O. The normalized spacial score (nSPS) is 13.6. The molecule has 1 heterocycles. The van der Waals surface area contributed by atoms with E-state index >= 15 is 0 Å². The minimum Gasteiger partial charge on any atom is -0.362 e. The molecule has 0 aliphatic heterocycles. The molecule has 0 saturated heterocycles. The highest BCUT2D eigenvalue weighted by atomic mass is 35.5. The van der Waals surface area contributed by atoms with Gasteiger partial charge in [-0.1, -0.05) is 31.9 Å². The van der Waals surface area contributed by atoms with Gasteiger partial charge in [-0.05, 0) is 37.1 Å². The smallest absolute Gasteiger partial charge is 0.224 e. The molecule has 124 valence electrons. The SMILES string of the molecule is CCCCC(C)(CNC(C)=O)Nc1nc(Cl)nc2ccccc12. The summed E-state index contributed by atoms with van der Waals surface area (Å²) < 4.78 is 0. The van der Waals surface area contributed by atoms with Gasteiger partial charge < -0.3 is 10.6 Å². The lowest BCUT2D eigenvalue weighted by atomic mass is 9.94. The molecular weight excluding hydrogens is 312 g/mol. The third kappa shape index (κ3) is 4.79. The average Bonchev–Trinajstić information content (AvgIpc) is 2.51. The van der Waals surface area contributed by atoms with Crippen molar-refractivity contribution in [2.75, 3.05) is 11.9 Å². The Morgan fingerprint density at radius 2 is 2.04 bits per heavy atom. The van der Waals surface area contributed by atoms with Gasteiger partial charge in [0.05, 0.1) is 11.1 Å². The van der Waals surface area contributed by atoms with E-state index in [1.807, 2.05) is 24.3 Å². The van der Waals surface area contributed by atoms with E-state index in [2.05, 4.69) is 34.4 Å². The molecule has 2 rings (SSSR count). The number of benzene rings is 1. The lowest BCUT2D eigenvalue weighted by Gasteiger charge is -2.32. The highest BCUT2D eigenvalue weighted by Crippen LogP contribution is 2.26. The van der Waals surface area contributed by atoms with Crippen LogP contribution in [0.4, 0.5) is 5.82 Å². The Morgan fingerprint density at radius 1 is 1.30 bits per heavy atom. The van der Waals surface area contributed by atoms with Crippen LogP contribution in [0.3, 0.4) is 0 Å². The Hall–Kier alpha value is -1.88. The van der Waals surface area contributed by atoms with E-state index in [1.165, 1.54) is 6.92 Å². The van der Waals surface area contributed by atoms with Crippen molar-refractivity contribution in [3.63, 3.8) is 0 Å². The summed E-state index contributed by atoms with van der Waals surface area (Å²) in [6.45, 7) is 6.29. The predicted molar refractivity (Wildman–Crippen MR) is 94.8 cm³/mol. The Kier molecular flexibility index (Phi) is 5.77. The van der Waals surface area contributed by atoms with Crippen molar-refractivity contribution < 1.29 is 4.79 Å². The van der Waals surface area contributed by atoms with E-state index < -0.39 is 0 Å². The summed E-state index contributed by atoms with van der Waals surface area (Å²) in [7, 11) is 0. The molecule has 1 unspecified atom stereocenters. The van der Waals surface area contributed by atoms with Crippen LogP contribution in [0.25, 0.3) is 10.9 Å². The zero-order chi connectivity index (χ0) is 16.9. The number of nitrogens with zero attached hydrogens (tertiary/aromatic N) is 2. The number of fused-ring (bicyclic) bond motifs is 1. The van der Waals surface area contributed by atoms with Crippen molar-refractivity contribution in [1.29, 1.82) is 0 Å². The van der Waals surface area contributed by atoms with Crippen LogP contribution in [0.2, 0.25) is 5.28 Å². The fraction of sp³-hybridized carbons (Fsp3) is 0.471. The fourth-order valence-electron chi connectivity index (χ4n) is 2.51. The molecule has 0 bridgehead atoms. The van der Waals surface area contributed by atoms with Gasteiger partial charge in [-0.15, -0.1) is 0 Å². The van der Waals surface area contributed by atoms with Gasteiger partial charge in [0.2, 0.25) is 11.2 Å². The number of carbonyl (C=O) groups is 1. The molecule has 1 amide bonds. The zero-order valence-corrected chi connectivity index (χ0v) is 14.6. The molecule has 0 spiro atoms. The van der Waals surface area contributed by atoms with Crippen molar-refractivity contribution in [2.45, 2.75) is 45.6 Å². The van der Waals surface area contributed by atoms with E-state index in [4.69, 9.17) is 11.6 Å². The third-order valence-corrected chi connectivity index (χ3v) is 3.97. The quantitative estimate of drug-likeness (QED) is 0.756. The maximum Gasteiger partial charge on any atom is 0.224 e. The first-order valence-electron chi connectivity index (χ1n) is 7.88. The number of amides is 1. The number of anilines is 1. The van der Waals surface area contributed by atoms with Crippen LogP contribution in [-0.2, 0) is 4.79 Å². The summed E-state index contributed by atoms with van der Waals surface area (Å²) in [5.41, 5.74) is 0.495. The van der Waals surface area contributed by atoms with E-state index in [1.54, 1.807) is 0 Å². The van der Waals surface area contributed by atoms with Crippen LogP contribution < -0.4 is 10.6 Å². The van der Waals surface area contributed by atoms with Crippen LogP contribution in [0.15, 0.2) is 24.3 Å². The average molecular weight is 335 g/mol. The molecule has 1 aromatic heterocycles. The van der Waals surface area contributed by atoms with Crippen LogP contribution >= 0.6 is 11.6 Å². The molecule has 6 heteroatoms. The van der Waals surface area contributed by atoms with Gasteiger partial charge in [0.25, 0.3) is 0 Å². The Balaban J connectivity index is 2.33. The highest BCUT2D eigenvalue weighted by molar-refractivity contribution is 6.28. The second-order valence-corrected chi connectivity index (χ2v) is 6.40. The second-order valence-electron chi connectivity index (χ2n) is 6.06. The van der Waals surface area contributed by atoms with Gasteiger partial charge >= 0.3 is 0 Å². The van der Waals surface area contributed by atoms with Crippen LogP contribution in [-0.4, -0.2) is 28.0 Å². The summed E-state index contributed by atoms with van der Waals surface area (Å²) in [5, 5.41) is 7.51. The Bertz CT molecular complexity index is 691. The number of para-hydroxylation sites is 1. The Morgan fingerprint density at radius 3 is 2.74 bits per heavy atom. The van der Waals surface area contributed by atoms with Gasteiger partial charge in [0.15, 0.2) is 0 Å². The topological polar surface area (TPSA) is 66.9 Å². The van der Waals surface area contributed by atoms with Gasteiger partial charge in [0.1, 0.15) is 5.82 Å². The molecule has 1 aromatic carbocycles. The van der Waals surface area contributed by atoms with Gasteiger partial charge in [-0.25, -0.2) is 9.97 Å². The van der Waals surface area contributed by atoms with E-state index in [0.717, 1.165) is 30.2 Å². The van der Waals surface area contributed by atoms with Crippen LogP contribution in [0.5, 0.6) is 0 Å². The van der Waals surface area contributed by atoms with E-state index in [9.17, 15) is 4.79 Å². The number of hydrogen-bond acceptors (Lipinski definition) is 4. The van der Waals surface area contributed by atoms with Gasteiger partial charge in [-0.2, -0.15) is 0 Å². The van der Waals surface area contributed by atoms with Crippen LogP contribution in [0.1, 0.15) is 40.0 Å². The van der Waals surface area contributed by atoms with Crippen molar-refractivity contribution in [2.24, 2.45) is 0 Å². The summed E-state index contributed by atoms with van der Waals surface area (Å²) in [6, 6.07) is 7.74. The van der Waals surface area contributed by atoms with Gasteiger partial charge in [0, 0.05) is 18.9 Å². The first kappa shape index (κ1) is 17.5. The monoisotopic (exact) mass is 334 g/mol. The molecule has 0 aliphatic carbocycles. The maximum atomic E-state index is 11.3. The zero-order valence-electron chi connectivity index (χ0n) is 13.8. The minimum absolute atomic E-state index is 0.0416. The number of nitrogens with one attached hydrogen (secondary N) is 2. The lowest BCUT2D eigenvalue weighted by Crippen LogP contribution is -2.46. The van der Waals surface area contributed by atoms with Crippen molar-refractivity contribution >= 4 is 34.2 Å². The maximum absolute atomic E-state index is 11.3. The largest absolute Gasteiger partial charge is 0.362 e. The summed E-state index contributed by atoms with van der Waals surface area (Å²) >= 11 is 6.05. The summed E-state index contributed by atoms with van der Waals surface area (Å²) in [6.07, 6.45) is 3.06. The minimum atomic E-state index is -0.303. The number of hydrogen-bond donors (Lipinski definition) is 2. The number of carbonyl (C=O) groups excluding carboxylic acids is 1. The summed E-state index contributed by atoms with van der Waals surface area (Å²) in [5.74, 6) is 0.657. The lowest BCUT2D eigenvalue weighted by molar-refractivity contribution is -0.119. The molecule has 23 heavy (non-hydrogen) atoms. The molecule has 0 radical (unpaired) electrons. The molecule has 2 N–H and O–H groups in total. The van der Waals surface area contributed by atoms with E-state index in [0.29, 0.717) is 12.4 Å². The highest BCUT2D eigenvalue weighted by Gasteiger charge is 2.25. The Labute approximate surface area is 141 Å². The number of rotatable bonds is 7. The summed E-state index contributed by atoms with van der Waals surface area (Å²) in [4.78, 5) is 19.9. The fourth-order valence-corrected chi connectivity index (χ4v) is 2.69. The molecule has 0 aliphatic rings. The molecule has 5 nitrogen and oxygen atoms in total. The van der Waals surface area contributed by atoms with E-state index in [-0.39, 0.29) is 16.7 Å². The first-order valence-corrected chi connectivity index (χ1v) is 8.26. The number of aromatic nitrogens is 2. The molecule has 1 atom stereocenters. The first-order chi connectivity index (χ1) is 10.9. The third-order valence-electron chi connectivity index (χ3n) is 3.81. The van der Waals surface area contributed by atoms with Crippen LogP contribution in [0, 0.1) is 0 Å². The molecule has 2 aromatic rings. The van der Waals surface area contributed by atoms with Gasteiger partial charge in [-0.3, -0.25) is 4.79 Å². The van der Waals surface area contributed by atoms with Crippen molar-refractivity contribution in [3.8, 4) is 0 Å². The standard InChI is InChI=1S/C17H23ClN4O/c1-4-5-10-17(3,11-19-12(2)23)22-15-13-8-6-7-9-14(13)20-16(18)21-15/h6-9H,4-5,10-11H2,1-3H3,(H,19,23)(H,20,21,22). The molecule has 0 saturated carbocycles. The second kappa shape index (κ2) is 7.59.